The third kappa shape index (κ3) is 2.44. The maximum atomic E-state index is 13.3. The molecule has 0 bridgehead atoms. The topological polar surface area (TPSA) is 12.0 Å². The van der Waals surface area contributed by atoms with Crippen LogP contribution in [0.15, 0.2) is 48.5 Å². The molecule has 4 heteroatoms. The van der Waals surface area contributed by atoms with Crippen LogP contribution in [0.4, 0.5) is 4.39 Å². The Morgan fingerprint density at radius 1 is 1.15 bits per heavy atom. The maximum Gasteiger partial charge on any atom is 0.124 e. The van der Waals surface area contributed by atoms with Gasteiger partial charge in [-0.05, 0) is 42.3 Å². The Bertz CT molecular complexity index is 753. The molecule has 20 heavy (non-hydrogen) atoms. The van der Waals surface area contributed by atoms with E-state index >= 15 is 0 Å². The molecule has 0 saturated carbocycles. The highest BCUT2D eigenvalue weighted by atomic mass is 35.5. The van der Waals surface area contributed by atoms with Gasteiger partial charge < -0.3 is 5.32 Å². The molecule has 0 saturated heterocycles. The van der Waals surface area contributed by atoms with Crippen LogP contribution < -0.4 is 5.32 Å². The number of benzene rings is 2. The molecule has 3 aromatic rings. The zero-order valence-corrected chi connectivity index (χ0v) is 12.4. The summed E-state index contributed by atoms with van der Waals surface area (Å²) < 4.78 is 14.2. The van der Waals surface area contributed by atoms with E-state index in [1.807, 2.05) is 37.4 Å². The van der Waals surface area contributed by atoms with Gasteiger partial charge in [0.25, 0.3) is 0 Å². The molecule has 0 aliphatic heterocycles. The fourth-order valence-electron chi connectivity index (χ4n) is 2.33. The predicted octanol–water partition coefficient (Wildman–Crippen LogP) is 5.00. The molecule has 1 heterocycles. The van der Waals surface area contributed by atoms with Gasteiger partial charge in [-0.25, -0.2) is 4.39 Å². The van der Waals surface area contributed by atoms with Gasteiger partial charge in [-0.3, -0.25) is 0 Å². The molecule has 1 nitrogen and oxygen atoms in total. The van der Waals surface area contributed by atoms with E-state index in [1.54, 1.807) is 17.4 Å². The van der Waals surface area contributed by atoms with Crippen molar-refractivity contribution in [3.05, 3.63) is 69.8 Å². The first-order chi connectivity index (χ1) is 9.69. The summed E-state index contributed by atoms with van der Waals surface area (Å²) in [7, 11) is 1.90. The van der Waals surface area contributed by atoms with Crippen molar-refractivity contribution in [1.82, 2.24) is 5.32 Å². The molecular formula is C16H13ClFNS. The smallest absolute Gasteiger partial charge is 0.124 e. The van der Waals surface area contributed by atoms with E-state index in [4.69, 9.17) is 11.6 Å². The number of hydrogen-bond donors (Lipinski definition) is 1. The fraction of sp³-hybridized carbons (Fsp3) is 0.125. The lowest BCUT2D eigenvalue weighted by Gasteiger charge is -2.16. The van der Waals surface area contributed by atoms with E-state index in [0.717, 1.165) is 25.5 Å². The third-order valence-electron chi connectivity index (χ3n) is 3.29. The Hall–Kier alpha value is -1.42. The van der Waals surface area contributed by atoms with E-state index in [0.29, 0.717) is 0 Å². The van der Waals surface area contributed by atoms with Gasteiger partial charge in [0.05, 0.1) is 6.04 Å². The van der Waals surface area contributed by atoms with Crippen molar-refractivity contribution in [3.63, 3.8) is 0 Å². The quantitative estimate of drug-likeness (QED) is 0.718. The summed E-state index contributed by atoms with van der Waals surface area (Å²) in [6.07, 6.45) is 0. The number of nitrogens with one attached hydrogen (secondary N) is 1. The Kier molecular flexibility index (Phi) is 3.74. The molecule has 0 aliphatic carbocycles. The van der Waals surface area contributed by atoms with Crippen LogP contribution >= 0.6 is 22.9 Å². The molecule has 0 amide bonds. The van der Waals surface area contributed by atoms with Crippen LogP contribution in [0.1, 0.15) is 16.5 Å². The van der Waals surface area contributed by atoms with Gasteiger partial charge in [-0.15, -0.1) is 11.3 Å². The van der Waals surface area contributed by atoms with Crippen LogP contribution in [0.2, 0.25) is 5.02 Å². The van der Waals surface area contributed by atoms with Crippen LogP contribution in [0.5, 0.6) is 0 Å². The van der Waals surface area contributed by atoms with Gasteiger partial charge in [0.15, 0.2) is 0 Å². The van der Waals surface area contributed by atoms with Crippen LogP contribution in [0.25, 0.3) is 10.1 Å². The molecule has 1 N–H and O–H groups in total. The minimum atomic E-state index is -0.204. The van der Waals surface area contributed by atoms with Crippen molar-refractivity contribution in [2.45, 2.75) is 6.04 Å². The molecule has 0 spiro atoms. The Morgan fingerprint density at radius 2 is 1.95 bits per heavy atom. The van der Waals surface area contributed by atoms with Gasteiger partial charge in [0.1, 0.15) is 5.82 Å². The highest BCUT2D eigenvalue weighted by molar-refractivity contribution is 7.19. The fourth-order valence-corrected chi connectivity index (χ4v) is 3.79. The van der Waals surface area contributed by atoms with E-state index in [2.05, 4.69) is 11.4 Å². The second-order valence-electron chi connectivity index (χ2n) is 4.57. The molecule has 0 aliphatic rings. The molecule has 2 aromatic carbocycles. The van der Waals surface area contributed by atoms with Gasteiger partial charge in [0, 0.05) is 14.6 Å². The Balaban J connectivity index is 2.10. The lowest BCUT2D eigenvalue weighted by molar-refractivity contribution is 0.630. The van der Waals surface area contributed by atoms with E-state index in [1.165, 1.54) is 6.07 Å². The Morgan fingerprint density at radius 3 is 2.70 bits per heavy atom. The summed E-state index contributed by atoms with van der Waals surface area (Å²) in [6.45, 7) is 0. The van der Waals surface area contributed by atoms with Crippen LogP contribution in [0, 0.1) is 5.82 Å². The van der Waals surface area contributed by atoms with Crippen molar-refractivity contribution in [3.8, 4) is 0 Å². The Labute approximate surface area is 126 Å². The van der Waals surface area contributed by atoms with Gasteiger partial charge in [0.2, 0.25) is 0 Å². The summed E-state index contributed by atoms with van der Waals surface area (Å²) in [5.74, 6) is -0.204. The number of rotatable bonds is 3. The van der Waals surface area contributed by atoms with Gasteiger partial charge in [-0.1, -0.05) is 35.9 Å². The van der Waals surface area contributed by atoms with Crippen molar-refractivity contribution in [2.75, 3.05) is 7.05 Å². The van der Waals surface area contributed by atoms with Crippen LogP contribution in [0.3, 0.4) is 0 Å². The average Bonchev–Trinajstić information content (AvgIpc) is 2.84. The summed E-state index contributed by atoms with van der Waals surface area (Å²) >= 11 is 7.86. The van der Waals surface area contributed by atoms with Crippen molar-refractivity contribution in [1.29, 1.82) is 0 Å². The summed E-state index contributed by atoms with van der Waals surface area (Å²) in [4.78, 5) is 1.13. The average molecular weight is 306 g/mol. The molecule has 0 radical (unpaired) electrons. The first-order valence-corrected chi connectivity index (χ1v) is 7.49. The number of thiophene rings is 1. The maximum absolute atomic E-state index is 13.3. The minimum Gasteiger partial charge on any atom is -0.309 e. The SMILES string of the molecule is CNC(c1cc2ccc(F)cc2s1)c1ccccc1Cl. The lowest BCUT2D eigenvalue weighted by atomic mass is 10.1. The standard InChI is InChI=1S/C16H13ClFNS/c1-19-16(12-4-2-3-5-13(12)17)15-8-10-6-7-11(18)9-14(10)20-15/h2-9,16,19H,1H3. The van der Waals surface area contributed by atoms with Crippen molar-refractivity contribution >= 4 is 33.0 Å². The highest BCUT2D eigenvalue weighted by Crippen LogP contribution is 2.35. The third-order valence-corrected chi connectivity index (χ3v) is 4.80. The first kappa shape index (κ1) is 13.6. The number of hydrogen-bond acceptors (Lipinski definition) is 2. The van der Waals surface area contributed by atoms with Crippen molar-refractivity contribution in [2.24, 2.45) is 0 Å². The molecule has 1 atom stereocenters. The molecule has 1 unspecified atom stereocenters. The minimum absolute atomic E-state index is 0.0177. The van der Waals surface area contributed by atoms with Gasteiger partial charge in [-0.2, -0.15) is 0 Å². The first-order valence-electron chi connectivity index (χ1n) is 6.29. The highest BCUT2D eigenvalue weighted by Gasteiger charge is 2.17. The van der Waals surface area contributed by atoms with Crippen LogP contribution in [-0.2, 0) is 0 Å². The largest absolute Gasteiger partial charge is 0.309 e. The molecule has 3 rings (SSSR count). The van der Waals surface area contributed by atoms with E-state index in [9.17, 15) is 4.39 Å². The zero-order valence-electron chi connectivity index (χ0n) is 10.9. The summed E-state index contributed by atoms with van der Waals surface area (Å²) in [5, 5.41) is 5.07. The molecule has 102 valence electrons. The second kappa shape index (κ2) is 5.52. The van der Waals surface area contributed by atoms with Crippen molar-refractivity contribution < 1.29 is 4.39 Å². The normalized spacial score (nSPS) is 12.8. The summed E-state index contributed by atoms with van der Waals surface area (Å²) in [6, 6.07) is 14.8. The summed E-state index contributed by atoms with van der Waals surface area (Å²) in [5.41, 5.74) is 1.03. The van der Waals surface area contributed by atoms with Crippen LogP contribution in [-0.4, -0.2) is 7.05 Å². The molecule has 1 aromatic heterocycles. The zero-order chi connectivity index (χ0) is 14.1. The lowest BCUT2D eigenvalue weighted by Crippen LogP contribution is -2.16. The molecule has 0 fully saturated rings. The molecular weight excluding hydrogens is 293 g/mol. The number of halogens is 2. The second-order valence-corrected chi connectivity index (χ2v) is 6.10. The monoisotopic (exact) mass is 305 g/mol. The van der Waals surface area contributed by atoms with E-state index in [-0.39, 0.29) is 11.9 Å². The number of fused-ring (bicyclic) bond motifs is 1. The van der Waals surface area contributed by atoms with Gasteiger partial charge >= 0.3 is 0 Å². The predicted molar refractivity (Wildman–Crippen MR) is 84.1 cm³/mol. The van der Waals surface area contributed by atoms with E-state index < -0.39 is 0 Å².